The number of rotatable bonds is 4. The molecule has 150 valence electrons. The lowest BCUT2D eigenvalue weighted by atomic mass is 9.98. The summed E-state index contributed by atoms with van der Waals surface area (Å²) >= 11 is 0. The molecule has 0 amide bonds. The first-order valence-corrected chi connectivity index (χ1v) is 9.76. The van der Waals surface area contributed by atoms with Crippen LogP contribution in [0.5, 0.6) is 0 Å². The Labute approximate surface area is 170 Å². The normalized spacial score (nSPS) is 24.8. The molecule has 2 aliphatic rings. The number of aryl methyl sites for hydroxylation is 1. The third kappa shape index (κ3) is 2.48. The van der Waals surface area contributed by atoms with Crippen molar-refractivity contribution in [3.8, 4) is 0 Å². The van der Waals surface area contributed by atoms with Gasteiger partial charge in [-0.3, -0.25) is 9.36 Å². The molecule has 1 unspecified atom stereocenters. The first-order valence-electron chi connectivity index (χ1n) is 9.76. The average Bonchev–Trinajstić information content (AvgIpc) is 3.04. The van der Waals surface area contributed by atoms with Crippen molar-refractivity contribution in [2.45, 2.75) is 18.6 Å². The first-order chi connectivity index (χ1) is 14.6. The molecule has 0 aliphatic heterocycles. The number of fused-ring (bicyclic) bond motifs is 2. The molecule has 0 spiro atoms. The number of nitrogens with zero attached hydrogens (tertiary/aromatic N) is 6. The lowest BCUT2D eigenvalue weighted by Crippen LogP contribution is -2.22. The Kier molecular flexibility index (Phi) is 3.57. The summed E-state index contributed by atoms with van der Waals surface area (Å²) < 4.78 is 8.46. The summed E-state index contributed by atoms with van der Waals surface area (Å²) in [5, 5.41) is 14.9. The zero-order chi connectivity index (χ0) is 20.4. The summed E-state index contributed by atoms with van der Waals surface area (Å²) in [6.45, 7) is 0.135. The Balaban J connectivity index is 1.24. The molecule has 3 heterocycles. The minimum absolute atomic E-state index is 0.0411. The molecule has 4 atom stereocenters. The maximum Gasteiger partial charge on any atom is 0.280 e. The summed E-state index contributed by atoms with van der Waals surface area (Å²) in [7, 11) is 1.75. The van der Waals surface area contributed by atoms with E-state index in [4.69, 9.17) is 4.52 Å². The van der Waals surface area contributed by atoms with Crippen LogP contribution < -0.4 is 5.56 Å². The van der Waals surface area contributed by atoms with E-state index in [0.29, 0.717) is 22.9 Å². The maximum atomic E-state index is 12.7. The number of benzene rings is 1. The number of aliphatic hydroxyl groups excluding tert-OH is 1. The Morgan fingerprint density at radius 1 is 1.17 bits per heavy atom. The van der Waals surface area contributed by atoms with E-state index >= 15 is 0 Å². The van der Waals surface area contributed by atoms with Crippen LogP contribution in [0.3, 0.4) is 0 Å². The van der Waals surface area contributed by atoms with Crippen LogP contribution >= 0.6 is 0 Å². The number of hydrogen-bond donors (Lipinski definition) is 1. The highest BCUT2D eigenvalue weighted by molar-refractivity contribution is 5.74. The number of imidazole rings is 1. The fourth-order valence-corrected chi connectivity index (χ4v) is 4.53. The molecule has 0 saturated heterocycles. The molecule has 4 aromatic rings. The monoisotopic (exact) mass is 402 g/mol. The third-order valence-electron chi connectivity index (χ3n) is 6.08. The minimum Gasteiger partial charge on any atom is -0.388 e. The van der Waals surface area contributed by atoms with Crippen molar-refractivity contribution >= 4 is 16.7 Å². The van der Waals surface area contributed by atoms with Crippen molar-refractivity contribution in [3.63, 3.8) is 0 Å². The van der Waals surface area contributed by atoms with Gasteiger partial charge in [-0.05, 0) is 17.1 Å². The van der Waals surface area contributed by atoms with E-state index in [1.165, 1.54) is 10.9 Å². The summed E-state index contributed by atoms with van der Waals surface area (Å²) in [5.74, 6) is 1.23. The summed E-state index contributed by atoms with van der Waals surface area (Å²) in [4.78, 5) is 25.5. The lowest BCUT2D eigenvalue weighted by molar-refractivity contribution is 0.208. The zero-order valence-electron chi connectivity index (χ0n) is 16.1. The van der Waals surface area contributed by atoms with Gasteiger partial charge in [-0.1, -0.05) is 41.6 Å². The maximum absolute atomic E-state index is 12.7. The van der Waals surface area contributed by atoms with Crippen molar-refractivity contribution in [2.24, 2.45) is 18.9 Å². The molecular weight excluding hydrogens is 384 g/mol. The standard InChI is InChI=1S/C21H18N6O3/c1-26-9-22-20-17(26)21(29)27(10-23-20)8-14-24-19(25-30-14)16-13-7-12(18(28)15(13)16)11-5-3-2-4-6-11/h2-7,9-10,13,15-16,18,28H,8H2,1H3/t13-,15?,16+,18+/m0/s1. The van der Waals surface area contributed by atoms with Gasteiger partial charge in [0.05, 0.1) is 12.4 Å². The second kappa shape index (κ2) is 6.20. The molecule has 1 aromatic carbocycles. The highest BCUT2D eigenvalue weighted by atomic mass is 16.5. The molecule has 9 heteroatoms. The van der Waals surface area contributed by atoms with E-state index < -0.39 is 6.10 Å². The molecule has 30 heavy (non-hydrogen) atoms. The lowest BCUT2D eigenvalue weighted by Gasteiger charge is -2.12. The van der Waals surface area contributed by atoms with Crippen molar-refractivity contribution in [1.82, 2.24) is 29.2 Å². The number of aliphatic hydroxyl groups is 1. The van der Waals surface area contributed by atoms with Gasteiger partial charge in [0.2, 0.25) is 5.89 Å². The predicted molar refractivity (Wildman–Crippen MR) is 106 cm³/mol. The average molecular weight is 402 g/mol. The molecule has 6 rings (SSSR count). The van der Waals surface area contributed by atoms with E-state index in [2.05, 4.69) is 26.2 Å². The fraction of sp³-hybridized carbons (Fsp3) is 0.286. The Bertz CT molecular complexity index is 1350. The van der Waals surface area contributed by atoms with Gasteiger partial charge < -0.3 is 14.2 Å². The van der Waals surface area contributed by atoms with Crippen LogP contribution in [0.25, 0.3) is 16.7 Å². The molecule has 1 saturated carbocycles. The number of allylic oxidation sites excluding steroid dienone is 1. The SMILES string of the molecule is Cn1cnc2ncn(Cc3nc([C@H]4C5[C@H](O)C(c6ccccc6)=C[C@@H]54)no3)c(=O)c21. The summed E-state index contributed by atoms with van der Waals surface area (Å²) in [6, 6.07) is 9.91. The van der Waals surface area contributed by atoms with Crippen LogP contribution in [-0.4, -0.2) is 40.5 Å². The van der Waals surface area contributed by atoms with Crippen molar-refractivity contribution in [3.05, 3.63) is 76.7 Å². The third-order valence-corrected chi connectivity index (χ3v) is 6.08. The summed E-state index contributed by atoms with van der Waals surface area (Å²) in [6.07, 6.45) is 4.58. The zero-order valence-corrected chi connectivity index (χ0v) is 16.1. The van der Waals surface area contributed by atoms with Gasteiger partial charge in [-0.2, -0.15) is 4.98 Å². The van der Waals surface area contributed by atoms with Gasteiger partial charge in [0.25, 0.3) is 5.56 Å². The van der Waals surface area contributed by atoms with Crippen molar-refractivity contribution < 1.29 is 9.63 Å². The van der Waals surface area contributed by atoms with Gasteiger partial charge in [0, 0.05) is 18.9 Å². The Morgan fingerprint density at radius 2 is 1.97 bits per heavy atom. The second-order valence-electron chi connectivity index (χ2n) is 7.86. The molecule has 3 aromatic heterocycles. The van der Waals surface area contributed by atoms with Crippen LogP contribution in [0, 0.1) is 11.8 Å². The minimum atomic E-state index is -0.539. The van der Waals surface area contributed by atoms with E-state index in [1.54, 1.807) is 17.9 Å². The van der Waals surface area contributed by atoms with Gasteiger partial charge in [-0.25, -0.2) is 9.97 Å². The molecule has 9 nitrogen and oxygen atoms in total. The van der Waals surface area contributed by atoms with Crippen LogP contribution in [0.4, 0.5) is 0 Å². The van der Waals surface area contributed by atoms with Gasteiger partial charge >= 0.3 is 0 Å². The quantitative estimate of drug-likeness (QED) is 0.548. The Hall–Kier alpha value is -3.59. The largest absolute Gasteiger partial charge is 0.388 e. The molecule has 1 N–H and O–H groups in total. The molecule has 1 fully saturated rings. The highest BCUT2D eigenvalue weighted by Gasteiger charge is 2.60. The molecule has 0 radical (unpaired) electrons. The second-order valence-corrected chi connectivity index (χ2v) is 7.86. The van der Waals surface area contributed by atoms with Crippen LogP contribution in [0.2, 0.25) is 0 Å². The molecule has 2 aliphatic carbocycles. The van der Waals surface area contributed by atoms with Crippen molar-refractivity contribution in [1.29, 1.82) is 0 Å². The Morgan fingerprint density at radius 3 is 2.73 bits per heavy atom. The van der Waals surface area contributed by atoms with E-state index in [-0.39, 0.29) is 29.9 Å². The molecular formula is C21H18N6O3. The van der Waals surface area contributed by atoms with Crippen LogP contribution in [0.15, 0.2) is 58.4 Å². The fourth-order valence-electron chi connectivity index (χ4n) is 4.53. The topological polar surface area (TPSA) is 112 Å². The van der Waals surface area contributed by atoms with Crippen molar-refractivity contribution in [2.75, 3.05) is 0 Å². The highest BCUT2D eigenvalue weighted by Crippen LogP contribution is 2.62. The van der Waals surface area contributed by atoms with Crippen LogP contribution in [0.1, 0.15) is 23.2 Å². The first kappa shape index (κ1) is 17.3. The van der Waals surface area contributed by atoms with Gasteiger partial charge in [0.15, 0.2) is 17.0 Å². The predicted octanol–water partition coefficient (Wildman–Crippen LogP) is 1.35. The number of aromatic nitrogens is 6. The van der Waals surface area contributed by atoms with E-state index in [0.717, 1.165) is 11.1 Å². The van der Waals surface area contributed by atoms with E-state index in [1.807, 2.05) is 30.3 Å². The van der Waals surface area contributed by atoms with Crippen LogP contribution in [-0.2, 0) is 13.6 Å². The smallest absolute Gasteiger partial charge is 0.280 e. The van der Waals surface area contributed by atoms with Gasteiger partial charge in [-0.15, -0.1) is 0 Å². The van der Waals surface area contributed by atoms with Gasteiger partial charge in [0.1, 0.15) is 12.9 Å². The summed E-state index contributed by atoms with van der Waals surface area (Å²) in [5.41, 5.74) is 2.63. The number of hydrogen-bond acceptors (Lipinski definition) is 7. The van der Waals surface area contributed by atoms with E-state index in [9.17, 15) is 9.90 Å². The molecule has 0 bridgehead atoms.